The molecule has 0 aliphatic carbocycles. The number of amides is 2. The van der Waals surface area contributed by atoms with Crippen molar-refractivity contribution >= 4 is 51.9 Å². The van der Waals surface area contributed by atoms with E-state index in [1.165, 1.54) is 11.8 Å². The number of hydrogen-bond donors (Lipinski definition) is 1. The number of thiocarbonyl (C=S) groups is 1. The summed E-state index contributed by atoms with van der Waals surface area (Å²) in [5.74, 6) is 0.658. The Kier molecular flexibility index (Phi) is 8.26. The number of thioether (sulfide) groups is 1. The zero-order valence-corrected chi connectivity index (χ0v) is 19.4. The molecule has 7 heteroatoms. The molecule has 0 saturated carbocycles. The van der Waals surface area contributed by atoms with Crippen molar-refractivity contribution in [1.82, 2.24) is 4.90 Å². The van der Waals surface area contributed by atoms with Crippen LogP contribution >= 0.6 is 24.0 Å². The molecule has 1 aliphatic rings. The summed E-state index contributed by atoms with van der Waals surface area (Å²) in [5.41, 5.74) is 2.79. The van der Waals surface area contributed by atoms with Crippen molar-refractivity contribution in [2.75, 3.05) is 19.0 Å². The summed E-state index contributed by atoms with van der Waals surface area (Å²) in [5, 5.41) is 2.92. The molecule has 1 fully saturated rings. The molecule has 0 bridgehead atoms. The molecule has 5 nitrogen and oxygen atoms in total. The first-order valence-electron chi connectivity index (χ1n) is 10.2. The summed E-state index contributed by atoms with van der Waals surface area (Å²) in [6.45, 7) is 2.56. The van der Waals surface area contributed by atoms with Gasteiger partial charge in [-0.15, -0.1) is 0 Å². The molecule has 0 radical (unpaired) electrons. The van der Waals surface area contributed by atoms with Gasteiger partial charge in [0.2, 0.25) is 5.91 Å². The fourth-order valence-corrected chi connectivity index (χ4v) is 4.60. The predicted molar refractivity (Wildman–Crippen MR) is 131 cm³/mol. The van der Waals surface area contributed by atoms with Gasteiger partial charge in [0.05, 0.1) is 12.0 Å². The number of methoxy groups -OCH3 is 1. The third kappa shape index (κ3) is 6.42. The lowest BCUT2D eigenvalue weighted by Gasteiger charge is -2.14. The zero-order valence-electron chi connectivity index (χ0n) is 17.7. The summed E-state index contributed by atoms with van der Waals surface area (Å²) in [4.78, 5) is 27.1. The second-order valence-electron chi connectivity index (χ2n) is 7.30. The Bertz CT molecular complexity index is 1000. The largest absolute Gasteiger partial charge is 0.496 e. The van der Waals surface area contributed by atoms with Gasteiger partial charge < -0.3 is 10.1 Å². The molecule has 2 aromatic rings. The third-order valence-electron chi connectivity index (χ3n) is 4.89. The molecule has 1 aliphatic heterocycles. The summed E-state index contributed by atoms with van der Waals surface area (Å²) >= 11 is 6.72. The maximum Gasteiger partial charge on any atom is 0.266 e. The van der Waals surface area contributed by atoms with E-state index >= 15 is 0 Å². The van der Waals surface area contributed by atoms with E-state index < -0.39 is 0 Å². The Balaban J connectivity index is 1.44. The molecule has 2 amide bonds. The molecular formula is C24H26N2O3S2. The van der Waals surface area contributed by atoms with E-state index in [0.717, 1.165) is 41.8 Å². The fourth-order valence-electron chi connectivity index (χ4n) is 3.30. The number of para-hydroxylation sites is 1. The van der Waals surface area contributed by atoms with Crippen molar-refractivity contribution in [2.24, 2.45) is 0 Å². The van der Waals surface area contributed by atoms with Gasteiger partial charge in [0.1, 0.15) is 10.1 Å². The van der Waals surface area contributed by atoms with E-state index in [-0.39, 0.29) is 11.8 Å². The number of aryl methyl sites for hydroxylation is 1. The topological polar surface area (TPSA) is 58.6 Å². The number of nitrogens with zero attached hydrogens (tertiary/aromatic N) is 1. The van der Waals surface area contributed by atoms with E-state index in [0.29, 0.717) is 22.2 Å². The van der Waals surface area contributed by atoms with E-state index in [9.17, 15) is 9.59 Å². The van der Waals surface area contributed by atoms with Gasteiger partial charge in [-0.2, -0.15) is 0 Å². The molecule has 1 N–H and O–H groups in total. The normalized spacial score (nSPS) is 14.9. The number of ether oxygens (including phenoxy) is 1. The minimum Gasteiger partial charge on any atom is -0.496 e. The van der Waals surface area contributed by atoms with Gasteiger partial charge >= 0.3 is 0 Å². The SMILES string of the molecule is COc1ccccc1/C=C1\SC(=S)N(CCCCCC(=O)Nc2cccc(C)c2)C1=O. The fraction of sp³-hybridized carbons (Fsp3) is 0.292. The minimum atomic E-state index is -0.0712. The average Bonchev–Trinajstić information content (AvgIpc) is 3.01. The standard InChI is InChI=1S/C24H26N2O3S2/c1-17-9-8-11-19(15-17)25-22(27)13-4-3-7-14-26-23(28)21(31-24(26)30)16-18-10-5-6-12-20(18)29-2/h5-6,8-12,15-16H,3-4,7,13-14H2,1-2H3,(H,25,27)/b21-16-. The van der Waals surface area contributed by atoms with Gasteiger partial charge in [0, 0.05) is 24.2 Å². The number of rotatable bonds is 9. The first kappa shape index (κ1) is 23.0. The molecule has 162 valence electrons. The third-order valence-corrected chi connectivity index (χ3v) is 6.26. The van der Waals surface area contributed by atoms with Gasteiger partial charge in [-0.25, -0.2) is 0 Å². The second-order valence-corrected chi connectivity index (χ2v) is 8.98. The van der Waals surface area contributed by atoms with Crippen LogP contribution in [0.15, 0.2) is 53.4 Å². The second kappa shape index (κ2) is 11.1. The van der Waals surface area contributed by atoms with Crippen molar-refractivity contribution in [3.8, 4) is 5.75 Å². The van der Waals surface area contributed by atoms with Crippen LogP contribution in [-0.2, 0) is 9.59 Å². The molecule has 3 rings (SSSR count). The lowest BCUT2D eigenvalue weighted by atomic mass is 10.1. The highest BCUT2D eigenvalue weighted by molar-refractivity contribution is 8.26. The number of nitrogens with one attached hydrogen (secondary N) is 1. The van der Waals surface area contributed by atoms with Crippen LogP contribution in [0.5, 0.6) is 5.75 Å². The van der Waals surface area contributed by atoms with Crippen LogP contribution in [0.25, 0.3) is 6.08 Å². The van der Waals surface area contributed by atoms with E-state index in [1.54, 1.807) is 12.0 Å². The minimum absolute atomic E-state index is 0.0101. The highest BCUT2D eigenvalue weighted by Crippen LogP contribution is 2.34. The van der Waals surface area contributed by atoms with Gasteiger partial charge in [0.15, 0.2) is 0 Å². The number of hydrogen-bond acceptors (Lipinski definition) is 5. The van der Waals surface area contributed by atoms with Crippen LogP contribution in [0.1, 0.15) is 36.8 Å². The Morgan fingerprint density at radius 1 is 1.16 bits per heavy atom. The number of carbonyl (C=O) groups is 2. The number of carbonyl (C=O) groups excluding carboxylic acids is 2. The summed E-state index contributed by atoms with van der Waals surface area (Å²) in [7, 11) is 1.61. The molecule has 0 spiro atoms. The Morgan fingerprint density at radius 3 is 2.74 bits per heavy atom. The van der Waals surface area contributed by atoms with Crippen LogP contribution in [0.2, 0.25) is 0 Å². The molecule has 0 atom stereocenters. The molecule has 2 aromatic carbocycles. The Labute approximate surface area is 192 Å². The van der Waals surface area contributed by atoms with Crippen LogP contribution in [0.3, 0.4) is 0 Å². The first-order chi connectivity index (χ1) is 15.0. The van der Waals surface area contributed by atoms with E-state index in [2.05, 4.69) is 5.32 Å². The van der Waals surface area contributed by atoms with E-state index in [4.69, 9.17) is 17.0 Å². The van der Waals surface area contributed by atoms with Crippen LogP contribution in [0.4, 0.5) is 5.69 Å². The van der Waals surface area contributed by atoms with Gasteiger partial charge in [0.25, 0.3) is 5.91 Å². The lowest BCUT2D eigenvalue weighted by Crippen LogP contribution is -2.29. The molecule has 31 heavy (non-hydrogen) atoms. The van der Waals surface area contributed by atoms with Crippen molar-refractivity contribution < 1.29 is 14.3 Å². The van der Waals surface area contributed by atoms with Crippen LogP contribution in [0, 0.1) is 6.92 Å². The molecule has 1 saturated heterocycles. The van der Waals surface area contributed by atoms with E-state index in [1.807, 2.05) is 61.5 Å². The van der Waals surface area contributed by atoms with Crippen molar-refractivity contribution in [2.45, 2.75) is 32.6 Å². The van der Waals surface area contributed by atoms with Gasteiger partial charge in [-0.05, 0) is 49.6 Å². The average molecular weight is 455 g/mol. The number of benzene rings is 2. The van der Waals surface area contributed by atoms with Gasteiger partial charge in [-0.3, -0.25) is 14.5 Å². The first-order valence-corrected chi connectivity index (χ1v) is 11.5. The molecular weight excluding hydrogens is 428 g/mol. The molecule has 0 aromatic heterocycles. The summed E-state index contributed by atoms with van der Waals surface area (Å²) in [6.07, 6.45) is 4.70. The molecule has 0 unspecified atom stereocenters. The van der Waals surface area contributed by atoms with Gasteiger partial charge in [-0.1, -0.05) is 60.7 Å². The molecule has 1 heterocycles. The smallest absolute Gasteiger partial charge is 0.266 e. The highest BCUT2D eigenvalue weighted by atomic mass is 32.2. The predicted octanol–water partition coefficient (Wildman–Crippen LogP) is 5.40. The highest BCUT2D eigenvalue weighted by Gasteiger charge is 2.31. The van der Waals surface area contributed by atoms with Crippen molar-refractivity contribution in [3.05, 3.63) is 64.6 Å². The monoisotopic (exact) mass is 454 g/mol. The van der Waals surface area contributed by atoms with Crippen molar-refractivity contribution in [1.29, 1.82) is 0 Å². The zero-order chi connectivity index (χ0) is 22.2. The Morgan fingerprint density at radius 2 is 1.97 bits per heavy atom. The quantitative estimate of drug-likeness (QED) is 0.312. The Hall–Kier alpha value is -2.64. The maximum absolute atomic E-state index is 12.8. The summed E-state index contributed by atoms with van der Waals surface area (Å²) in [6, 6.07) is 15.3. The maximum atomic E-state index is 12.8. The summed E-state index contributed by atoms with van der Waals surface area (Å²) < 4.78 is 5.93. The van der Waals surface area contributed by atoms with Crippen molar-refractivity contribution in [3.63, 3.8) is 0 Å². The van der Waals surface area contributed by atoms with Crippen LogP contribution in [-0.4, -0.2) is 34.7 Å². The number of anilines is 1. The number of unbranched alkanes of at least 4 members (excludes halogenated alkanes) is 2. The van der Waals surface area contributed by atoms with Crippen LogP contribution < -0.4 is 10.1 Å². The lowest BCUT2D eigenvalue weighted by molar-refractivity contribution is -0.122.